The van der Waals surface area contributed by atoms with Gasteiger partial charge in [0, 0.05) is 23.7 Å². The van der Waals surface area contributed by atoms with Crippen molar-refractivity contribution < 1.29 is 9.59 Å². The Kier molecular flexibility index (Phi) is 4.03. The molecule has 116 valence electrons. The van der Waals surface area contributed by atoms with Crippen LogP contribution < -0.4 is 11.1 Å². The molecule has 0 saturated heterocycles. The SMILES string of the molecule is Cn1nc(C(C)(C)C)cc1C(=O)Nc1cccc(C(N)=O)c1. The Morgan fingerprint density at radius 3 is 2.45 bits per heavy atom. The Morgan fingerprint density at radius 2 is 1.91 bits per heavy atom. The van der Waals surface area contributed by atoms with Crippen LogP contribution in [0.2, 0.25) is 0 Å². The lowest BCUT2D eigenvalue weighted by atomic mass is 9.92. The molecule has 22 heavy (non-hydrogen) atoms. The van der Waals surface area contributed by atoms with Crippen LogP contribution in [0.1, 0.15) is 47.3 Å². The van der Waals surface area contributed by atoms with Crippen molar-refractivity contribution in [3.8, 4) is 0 Å². The summed E-state index contributed by atoms with van der Waals surface area (Å²) in [6.45, 7) is 6.11. The van der Waals surface area contributed by atoms with E-state index in [1.165, 1.54) is 0 Å². The van der Waals surface area contributed by atoms with E-state index in [0.29, 0.717) is 16.9 Å². The largest absolute Gasteiger partial charge is 0.366 e. The van der Waals surface area contributed by atoms with Gasteiger partial charge in [0.2, 0.25) is 5.91 Å². The third-order valence-corrected chi connectivity index (χ3v) is 3.29. The zero-order valence-corrected chi connectivity index (χ0v) is 13.2. The van der Waals surface area contributed by atoms with Crippen LogP contribution in [0.3, 0.4) is 0 Å². The smallest absolute Gasteiger partial charge is 0.273 e. The van der Waals surface area contributed by atoms with Crippen molar-refractivity contribution in [2.45, 2.75) is 26.2 Å². The number of nitrogens with one attached hydrogen (secondary N) is 1. The second kappa shape index (κ2) is 5.63. The van der Waals surface area contributed by atoms with Gasteiger partial charge in [0.15, 0.2) is 0 Å². The summed E-state index contributed by atoms with van der Waals surface area (Å²) >= 11 is 0. The first-order valence-electron chi connectivity index (χ1n) is 6.94. The Bertz CT molecular complexity index is 726. The monoisotopic (exact) mass is 300 g/mol. The molecular weight excluding hydrogens is 280 g/mol. The van der Waals surface area contributed by atoms with Crippen molar-refractivity contribution in [2.75, 3.05) is 5.32 Å². The number of aryl methyl sites for hydroxylation is 1. The first-order valence-corrected chi connectivity index (χ1v) is 6.94. The van der Waals surface area contributed by atoms with Crippen LogP contribution in [0.15, 0.2) is 30.3 Å². The number of nitrogens with zero attached hydrogens (tertiary/aromatic N) is 2. The molecule has 2 aromatic rings. The van der Waals surface area contributed by atoms with E-state index in [1.54, 1.807) is 42.1 Å². The molecule has 0 unspecified atom stereocenters. The van der Waals surface area contributed by atoms with Crippen molar-refractivity contribution in [1.82, 2.24) is 9.78 Å². The summed E-state index contributed by atoms with van der Waals surface area (Å²) in [6, 6.07) is 8.28. The highest BCUT2D eigenvalue weighted by Crippen LogP contribution is 2.22. The molecule has 0 bridgehead atoms. The van der Waals surface area contributed by atoms with E-state index in [-0.39, 0.29) is 11.3 Å². The molecule has 0 aliphatic carbocycles. The molecule has 0 atom stereocenters. The summed E-state index contributed by atoms with van der Waals surface area (Å²) < 4.78 is 1.55. The third-order valence-electron chi connectivity index (χ3n) is 3.29. The molecule has 2 rings (SSSR count). The lowest BCUT2D eigenvalue weighted by Gasteiger charge is -2.13. The molecule has 0 aliphatic heterocycles. The predicted octanol–water partition coefficient (Wildman–Crippen LogP) is 2.07. The molecule has 6 nitrogen and oxygen atoms in total. The highest BCUT2D eigenvalue weighted by Gasteiger charge is 2.21. The summed E-state index contributed by atoms with van der Waals surface area (Å²) in [5.41, 5.74) is 7.25. The van der Waals surface area contributed by atoms with Gasteiger partial charge in [0.05, 0.1) is 5.69 Å². The van der Waals surface area contributed by atoms with Crippen LogP contribution in [-0.4, -0.2) is 21.6 Å². The van der Waals surface area contributed by atoms with E-state index < -0.39 is 5.91 Å². The number of carbonyl (C=O) groups excluding carboxylic acids is 2. The van der Waals surface area contributed by atoms with Gasteiger partial charge in [-0.1, -0.05) is 26.8 Å². The second-order valence-electron chi connectivity index (χ2n) is 6.19. The minimum Gasteiger partial charge on any atom is -0.366 e. The maximum atomic E-state index is 12.4. The van der Waals surface area contributed by atoms with Gasteiger partial charge in [-0.25, -0.2) is 0 Å². The van der Waals surface area contributed by atoms with Gasteiger partial charge in [-0.05, 0) is 24.3 Å². The number of aromatic nitrogens is 2. The minimum atomic E-state index is -0.536. The fourth-order valence-electron chi connectivity index (χ4n) is 1.99. The van der Waals surface area contributed by atoms with E-state index >= 15 is 0 Å². The Morgan fingerprint density at radius 1 is 1.23 bits per heavy atom. The molecule has 1 heterocycles. The van der Waals surface area contributed by atoms with Crippen LogP contribution in [0.4, 0.5) is 5.69 Å². The molecule has 0 radical (unpaired) electrons. The van der Waals surface area contributed by atoms with Crippen molar-refractivity contribution >= 4 is 17.5 Å². The van der Waals surface area contributed by atoms with Crippen molar-refractivity contribution in [2.24, 2.45) is 12.8 Å². The molecular formula is C16H20N4O2. The third kappa shape index (κ3) is 3.33. The first kappa shape index (κ1) is 15.8. The van der Waals surface area contributed by atoms with Gasteiger partial charge >= 0.3 is 0 Å². The minimum absolute atomic E-state index is 0.137. The summed E-state index contributed by atoms with van der Waals surface area (Å²) in [4.78, 5) is 23.5. The van der Waals surface area contributed by atoms with E-state index in [9.17, 15) is 9.59 Å². The maximum Gasteiger partial charge on any atom is 0.273 e. The van der Waals surface area contributed by atoms with Gasteiger partial charge in [-0.15, -0.1) is 0 Å². The molecule has 0 saturated carbocycles. The highest BCUT2D eigenvalue weighted by atomic mass is 16.2. The van der Waals surface area contributed by atoms with E-state index in [1.807, 2.05) is 20.8 Å². The second-order valence-corrected chi connectivity index (χ2v) is 6.19. The Labute approximate surface area is 129 Å². The number of anilines is 1. The number of hydrogen-bond donors (Lipinski definition) is 2. The van der Waals surface area contributed by atoms with Gasteiger partial charge in [0.1, 0.15) is 5.69 Å². The lowest BCUT2D eigenvalue weighted by molar-refractivity contribution is 0.0994. The summed E-state index contributed by atoms with van der Waals surface area (Å²) in [7, 11) is 1.73. The fraction of sp³-hybridized carbons (Fsp3) is 0.312. The number of nitrogens with two attached hydrogens (primary N) is 1. The number of carbonyl (C=O) groups is 2. The van der Waals surface area contributed by atoms with E-state index in [2.05, 4.69) is 10.4 Å². The van der Waals surface area contributed by atoms with Crippen LogP contribution in [0.25, 0.3) is 0 Å². The zero-order valence-electron chi connectivity index (χ0n) is 13.2. The lowest BCUT2D eigenvalue weighted by Crippen LogP contribution is -2.17. The maximum absolute atomic E-state index is 12.4. The predicted molar refractivity (Wildman–Crippen MR) is 84.8 cm³/mol. The number of primary amides is 1. The topological polar surface area (TPSA) is 90.0 Å². The molecule has 0 fully saturated rings. The van der Waals surface area contributed by atoms with Gasteiger partial charge in [-0.3, -0.25) is 14.3 Å². The first-order chi connectivity index (χ1) is 10.2. The van der Waals surface area contributed by atoms with Crippen molar-refractivity contribution in [3.05, 3.63) is 47.3 Å². The average molecular weight is 300 g/mol. The molecule has 1 aromatic heterocycles. The number of amides is 2. The number of hydrogen-bond acceptors (Lipinski definition) is 3. The molecule has 2 amide bonds. The summed E-state index contributed by atoms with van der Waals surface area (Å²) in [5.74, 6) is -0.821. The summed E-state index contributed by atoms with van der Waals surface area (Å²) in [5, 5.41) is 7.12. The van der Waals surface area contributed by atoms with Crippen LogP contribution >= 0.6 is 0 Å². The molecule has 1 aromatic carbocycles. The molecule has 6 heteroatoms. The Hall–Kier alpha value is -2.63. The van der Waals surface area contributed by atoms with Crippen LogP contribution in [-0.2, 0) is 12.5 Å². The highest BCUT2D eigenvalue weighted by molar-refractivity contribution is 6.04. The quantitative estimate of drug-likeness (QED) is 0.909. The molecule has 0 aliphatic rings. The standard InChI is InChI=1S/C16H20N4O2/c1-16(2,3)13-9-12(20(4)19-13)15(22)18-11-7-5-6-10(8-11)14(17)21/h5-9H,1-4H3,(H2,17,21)(H,18,22). The van der Waals surface area contributed by atoms with Crippen molar-refractivity contribution in [3.63, 3.8) is 0 Å². The van der Waals surface area contributed by atoms with Gasteiger partial charge in [-0.2, -0.15) is 5.10 Å². The fourth-order valence-corrected chi connectivity index (χ4v) is 1.99. The van der Waals surface area contributed by atoms with Crippen LogP contribution in [0.5, 0.6) is 0 Å². The van der Waals surface area contributed by atoms with Gasteiger partial charge < -0.3 is 11.1 Å². The van der Waals surface area contributed by atoms with E-state index in [0.717, 1.165) is 5.69 Å². The number of benzene rings is 1. The normalized spacial score (nSPS) is 11.3. The van der Waals surface area contributed by atoms with Crippen molar-refractivity contribution in [1.29, 1.82) is 0 Å². The van der Waals surface area contributed by atoms with Gasteiger partial charge in [0.25, 0.3) is 5.91 Å². The molecule has 0 spiro atoms. The average Bonchev–Trinajstić information content (AvgIpc) is 2.81. The Balaban J connectivity index is 2.25. The van der Waals surface area contributed by atoms with E-state index in [4.69, 9.17) is 5.73 Å². The zero-order chi connectivity index (χ0) is 16.5. The summed E-state index contributed by atoms with van der Waals surface area (Å²) in [6.07, 6.45) is 0. The van der Waals surface area contributed by atoms with Crippen LogP contribution in [0, 0.1) is 0 Å². The molecule has 3 N–H and O–H groups in total. The number of rotatable bonds is 3.